The molecule has 0 aromatic carbocycles. The summed E-state index contributed by atoms with van der Waals surface area (Å²) in [5, 5.41) is 9.10. The van der Waals surface area contributed by atoms with Crippen molar-refractivity contribution in [3.8, 4) is 0 Å². The van der Waals surface area contributed by atoms with Crippen LogP contribution in [0.3, 0.4) is 0 Å². The highest BCUT2D eigenvalue weighted by Crippen LogP contribution is 2.15. The molecule has 0 saturated carbocycles. The fourth-order valence-corrected chi connectivity index (χ4v) is 2.46. The number of ether oxygens (including phenoxy) is 1. The first kappa shape index (κ1) is 14.2. The van der Waals surface area contributed by atoms with E-state index in [1.807, 2.05) is 31.5 Å². The monoisotopic (exact) mass is 266 g/mol. The molecule has 106 valence electrons. The van der Waals surface area contributed by atoms with Crippen LogP contribution < -0.4 is 0 Å². The van der Waals surface area contributed by atoms with E-state index in [2.05, 4.69) is 4.90 Å². The molecule has 19 heavy (non-hydrogen) atoms. The lowest BCUT2D eigenvalue weighted by Gasteiger charge is -2.31. The molecule has 0 radical (unpaired) electrons. The number of aromatic nitrogens is 1. The molecule has 1 aromatic rings. The fraction of sp³-hybridized carbons (Fsp3) is 0.643. The number of aliphatic hydroxyl groups is 1. The summed E-state index contributed by atoms with van der Waals surface area (Å²) in [5.74, 6) is 0.139. The van der Waals surface area contributed by atoms with Crippen LogP contribution in [0.2, 0.25) is 0 Å². The molecule has 1 aliphatic rings. The second-order valence-corrected chi connectivity index (χ2v) is 5.18. The third kappa shape index (κ3) is 3.05. The predicted octanol–water partition coefficient (Wildman–Crippen LogP) is 0.518. The van der Waals surface area contributed by atoms with Crippen molar-refractivity contribution < 1.29 is 14.6 Å². The van der Waals surface area contributed by atoms with Crippen LogP contribution in [0.15, 0.2) is 6.07 Å². The highest BCUT2D eigenvalue weighted by molar-refractivity contribution is 5.99. The number of rotatable bonds is 4. The fourth-order valence-electron chi connectivity index (χ4n) is 2.46. The highest BCUT2D eigenvalue weighted by atomic mass is 16.5. The molecule has 1 aromatic heterocycles. The van der Waals surface area contributed by atoms with Gasteiger partial charge in [0.2, 0.25) is 0 Å². The second kappa shape index (κ2) is 5.86. The lowest BCUT2D eigenvalue weighted by molar-refractivity contribution is -0.0503. The van der Waals surface area contributed by atoms with Crippen LogP contribution in [-0.2, 0) is 11.8 Å². The summed E-state index contributed by atoms with van der Waals surface area (Å²) in [7, 11) is 1.97. The van der Waals surface area contributed by atoms with Crippen LogP contribution in [0.25, 0.3) is 0 Å². The van der Waals surface area contributed by atoms with Gasteiger partial charge in [0, 0.05) is 37.1 Å². The molecule has 0 amide bonds. The van der Waals surface area contributed by atoms with Crippen molar-refractivity contribution in [3.63, 3.8) is 0 Å². The molecule has 1 aliphatic heterocycles. The van der Waals surface area contributed by atoms with E-state index in [1.165, 1.54) is 0 Å². The van der Waals surface area contributed by atoms with Gasteiger partial charge in [-0.1, -0.05) is 0 Å². The van der Waals surface area contributed by atoms with Crippen molar-refractivity contribution in [2.45, 2.75) is 20.0 Å². The average molecular weight is 266 g/mol. The summed E-state index contributed by atoms with van der Waals surface area (Å²) in [6, 6.07) is 1.95. The Hall–Kier alpha value is -1.17. The van der Waals surface area contributed by atoms with E-state index in [-0.39, 0.29) is 18.5 Å². The van der Waals surface area contributed by atoms with Crippen molar-refractivity contribution in [1.82, 2.24) is 9.47 Å². The summed E-state index contributed by atoms with van der Waals surface area (Å²) in [4.78, 5) is 14.4. The smallest absolute Gasteiger partial charge is 0.178 e. The molecule has 2 rings (SSSR count). The Bertz CT molecular complexity index is 468. The molecule has 2 heterocycles. The van der Waals surface area contributed by atoms with E-state index in [4.69, 9.17) is 9.84 Å². The third-order valence-electron chi connectivity index (χ3n) is 3.87. The van der Waals surface area contributed by atoms with E-state index in [9.17, 15) is 4.79 Å². The maximum atomic E-state index is 12.3. The van der Waals surface area contributed by atoms with Crippen LogP contribution >= 0.6 is 0 Å². The van der Waals surface area contributed by atoms with E-state index in [1.54, 1.807) is 0 Å². The van der Waals surface area contributed by atoms with E-state index in [0.717, 1.165) is 23.5 Å². The van der Waals surface area contributed by atoms with Gasteiger partial charge in [0.05, 0.1) is 25.9 Å². The van der Waals surface area contributed by atoms with Crippen LogP contribution in [0.5, 0.6) is 0 Å². The SMILES string of the molecule is Cc1cc(C(=O)CN2CCOC(CO)C2)c(C)n1C. The Balaban J connectivity index is 2.02. The summed E-state index contributed by atoms with van der Waals surface area (Å²) in [5.41, 5.74) is 2.90. The van der Waals surface area contributed by atoms with Gasteiger partial charge in [-0.15, -0.1) is 0 Å². The number of hydrogen-bond donors (Lipinski definition) is 1. The summed E-state index contributed by atoms with van der Waals surface area (Å²) in [6.45, 7) is 6.31. The van der Waals surface area contributed by atoms with Gasteiger partial charge in [0.25, 0.3) is 0 Å². The van der Waals surface area contributed by atoms with Crippen molar-refractivity contribution in [1.29, 1.82) is 0 Å². The predicted molar refractivity (Wildman–Crippen MR) is 72.5 cm³/mol. The molecular weight excluding hydrogens is 244 g/mol. The minimum absolute atomic E-state index is 0.00810. The van der Waals surface area contributed by atoms with Gasteiger partial charge in [-0.05, 0) is 19.9 Å². The van der Waals surface area contributed by atoms with Gasteiger partial charge in [0.1, 0.15) is 0 Å². The molecule has 5 heteroatoms. The molecule has 1 saturated heterocycles. The zero-order chi connectivity index (χ0) is 14.0. The molecule has 1 fully saturated rings. The minimum Gasteiger partial charge on any atom is -0.394 e. The Morgan fingerprint density at radius 1 is 1.53 bits per heavy atom. The Morgan fingerprint density at radius 2 is 2.26 bits per heavy atom. The first-order chi connectivity index (χ1) is 9.02. The van der Waals surface area contributed by atoms with E-state index in [0.29, 0.717) is 19.7 Å². The van der Waals surface area contributed by atoms with Crippen LogP contribution in [0.1, 0.15) is 21.7 Å². The van der Waals surface area contributed by atoms with Gasteiger partial charge in [0.15, 0.2) is 5.78 Å². The number of ketones is 1. The lowest BCUT2D eigenvalue weighted by Crippen LogP contribution is -2.46. The standard InChI is InChI=1S/C14H22N2O3/c1-10-6-13(11(2)15(10)3)14(18)8-16-4-5-19-12(7-16)9-17/h6,12,17H,4-5,7-9H2,1-3H3. The molecule has 1 unspecified atom stereocenters. The largest absolute Gasteiger partial charge is 0.394 e. The zero-order valence-corrected chi connectivity index (χ0v) is 11.8. The number of carbonyl (C=O) groups excluding carboxylic acids is 1. The third-order valence-corrected chi connectivity index (χ3v) is 3.87. The van der Waals surface area contributed by atoms with Crippen LogP contribution in [0.4, 0.5) is 0 Å². The average Bonchev–Trinajstić information content (AvgIpc) is 2.67. The normalized spacial score (nSPS) is 20.7. The Morgan fingerprint density at radius 3 is 2.84 bits per heavy atom. The Labute approximate surface area is 113 Å². The van der Waals surface area contributed by atoms with Crippen molar-refractivity contribution in [3.05, 3.63) is 23.0 Å². The topological polar surface area (TPSA) is 54.7 Å². The van der Waals surface area contributed by atoms with Gasteiger partial charge in [-0.25, -0.2) is 0 Å². The van der Waals surface area contributed by atoms with Gasteiger partial charge >= 0.3 is 0 Å². The van der Waals surface area contributed by atoms with E-state index < -0.39 is 0 Å². The maximum absolute atomic E-state index is 12.3. The lowest BCUT2D eigenvalue weighted by atomic mass is 10.1. The molecule has 1 atom stereocenters. The molecule has 5 nitrogen and oxygen atoms in total. The Kier molecular flexibility index (Phi) is 4.39. The summed E-state index contributed by atoms with van der Waals surface area (Å²) < 4.78 is 7.42. The molecule has 1 N–H and O–H groups in total. The number of morpholine rings is 1. The number of aliphatic hydroxyl groups excluding tert-OH is 1. The number of Topliss-reactive ketones (excluding diaryl/α,β-unsaturated/α-hetero) is 1. The minimum atomic E-state index is -0.167. The van der Waals surface area contributed by atoms with E-state index >= 15 is 0 Å². The second-order valence-electron chi connectivity index (χ2n) is 5.18. The number of carbonyl (C=O) groups is 1. The van der Waals surface area contributed by atoms with Crippen molar-refractivity contribution >= 4 is 5.78 Å². The maximum Gasteiger partial charge on any atom is 0.178 e. The quantitative estimate of drug-likeness (QED) is 0.807. The summed E-state index contributed by atoms with van der Waals surface area (Å²) in [6.07, 6.45) is -0.167. The van der Waals surface area contributed by atoms with Gasteiger partial charge in [-0.3, -0.25) is 9.69 Å². The highest BCUT2D eigenvalue weighted by Gasteiger charge is 2.23. The number of aryl methyl sites for hydroxylation is 1. The first-order valence-corrected chi connectivity index (χ1v) is 6.64. The van der Waals surface area contributed by atoms with Crippen LogP contribution in [-0.4, -0.2) is 59.3 Å². The number of nitrogens with zero attached hydrogens (tertiary/aromatic N) is 2. The van der Waals surface area contributed by atoms with Crippen LogP contribution in [0, 0.1) is 13.8 Å². The summed E-state index contributed by atoms with van der Waals surface area (Å²) >= 11 is 0. The number of hydrogen-bond acceptors (Lipinski definition) is 4. The molecular formula is C14H22N2O3. The molecule has 0 bridgehead atoms. The van der Waals surface area contributed by atoms with Crippen molar-refractivity contribution in [2.24, 2.45) is 7.05 Å². The van der Waals surface area contributed by atoms with Crippen molar-refractivity contribution in [2.75, 3.05) is 32.8 Å². The van der Waals surface area contributed by atoms with Gasteiger partial charge in [-0.2, -0.15) is 0 Å². The zero-order valence-electron chi connectivity index (χ0n) is 11.8. The molecule has 0 aliphatic carbocycles. The molecule has 0 spiro atoms. The van der Waals surface area contributed by atoms with Gasteiger partial charge < -0.3 is 14.4 Å². The first-order valence-electron chi connectivity index (χ1n) is 6.64.